The van der Waals surface area contributed by atoms with Crippen molar-refractivity contribution in [2.75, 3.05) is 0 Å². The topological polar surface area (TPSA) is 39.5 Å². The van der Waals surface area contributed by atoms with E-state index in [1.165, 1.54) is 10.8 Å². The highest BCUT2D eigenvalue weighted by atomic mass is 16.3. The van der Waals surface area contributed by atoms with Crippen LogP contribution in [0.5, 0.6) is 0 Å². The number of para-hydroxylation sites is 4. The summed E-state index contributed by atoms with van der Waals surface area (Å²) >= 11 is 0. The average Bonchev–Trinajstić information content (AvgIpc) is 3.88. The Morgan fingerprint density at radius 1 is 0.415 bits per heavy atom. The van der Waals surface area contributed by atoms with Crippen molar-refractivity contribution >= 4 is 81.7 Å². The monoisotopic (exact) mass is 676 g/mol. The molecule has 0 bridgehead atoms. The molecule has 0 aliphatic rings. The normalized spacial score (nSPS) is 12.2. The molecule has 0 unspecified atom stereocenters. The average molecular weight is 677 g/mol. The van der Waals surface area contributed by atoms with Crippen LogP contribution in [0.15, 0.2) is 179 Å². The summed E-state index contributed by atoms with van der Waals surface area (Å²) in [5, 5.41) is 9.64. The van der Waals surface area contributed by atoms with Crippen LogP contribution in [0.3, 0.4) is 0 Å². The van der Waals surface area contributed by atoms with E-state index < -0.39 is 0 Å². The SMILES string of the molecule is O=c1c2ccccc2c2cccc3c4c(-c5cccc(-n6c7ccccc7c7cc(-c8cccc9c8oc8ccccc89)ccc76)c5)cccc4n1c23. The minimum atomic E-state index is 0.0198. The van der Waals surface area contributed by atoms with Crippen LogP contribution in [0.2, 0.25) is 0 Å². The minimum Gasteiger partial charge on any atom is -0.455 e. The zero-order valence-corrected chi connectivity index (χ0v) is 28.4. The van der Waals surface area contributed by atoms with Gasteiger partial charge in [-0.25, -0.2) is 0 Å². The number of fused-ring (bicyclic) bond motifs is 11. The van der Waals surface area contributed by atoms with E-state index in [1.54, 1.807) is 0 Å². The number of benzene rings is 8. The van der Waals surface area contributed by atoms with E-state index in [1.807, 2.05) is 34.7 Å². The quantitative estimate of drug-likeness (QED) is 0.175. The second-order valence-corrected chi connectivity index (χ2v) is 14.0. The van der Waals surface area contributed by atoms with Crippen molar-refractivity contribution in [3.63, 3.8) is 0 Å². The largest absolute Gasteiger partial charge is 0.455 e. The lowest BCUT2D eigenvalue weighted by molar-refractivity contribution is 0.670. The molecule has 0 aliphatic carbocycles. The van der Waals surface area contributed by atoms with E-state index in [0.29, 0.717) is 0 Å². The maximum Gasteiger partial charge on any atom is 0.263 e. The van der Waals surface area contributed by atoms with Crippen LogP contribution in [0.4, 0.5) is 0 Å². The first-order chi connectivity index (χ1) is 26.2. The summed E-state index contributed by atoms with van der Waals surface area (Å²) in [5.41, 5.74) is 11.5. The highest BCUT2D eigenvalue weighted by Gasteiger charge is 2.21. The van der Waals surface area contributed by atoms with Crippen LogP contribution in [0.25, 0.3) is 110 Å². The third-order valence-electron chi connectivity index (χ3n) is 11.3. The predicted octanol–water partition coefficient (Wildman–Crippen LogP) is 12.5. The lowest BCUT2D eigenvalue weighted by atomic mass is 9.98. The summed E-state index contributed by atoms with van der Waals surface area (Å²) in [4.78, 5) is 14.1. The van der Waals surface area contributed by atoms with Crippen molar-refractivity contribution in [2.24, 2.45) is 0 Å². The van der Waals surface area contributed by atoms with Gasteiger partial charge in [-0.2, -0.15) is 0 Å². The Morgan fingerprint density at radius 3 is 1.98 bits per heavy atom. The van der Waals surface area contributed by atoms with E-state index in [0.717, 1.165) is 98.9 Å². The molecule has 0 spiro atoms. The van der Waals surface area contributed by atoms with Crippen LogP contribution < -0.4 is 5.56 Å². The van der Waals surface area contributed by atoms with Crippen molar-refractivity contribution in [3.8, 4) is 27.9 Å². The fourth-order valence-electron chi connectivity index (χ4n) is 9.02. The summed E-state index contributed by atoms with van der Waals surface area (Å²) in [6, 6.07) is 59.6. The molecular weight excluding hydrogens is 649 g/mol. The van der Waals surface area contributed by atoms with Gasteiger partial charge in [-0.1, -0.05) is 121 Å². The number of pyridine rings is 1. The maximum absolute atomic E-state index is 14.1. The zero-order chi connectivity index (χ0) is 34.8. The van der Waals surface area contributed by atoms with E-state index in [9.17, 15) is 4.79 Å². The third kappa shape index (κ3) is 3.81. The van der Waals surface area contributed by atoms with Gasteiger partial charge in [0.1, 0.15) is 11.2 Å². The predicted molar refractivity (Wildman–Crippen MR) is 220 cm³/mol. The van der Waals surface area contributed by atoms with Gasteiger partial charge in [0, 0.05) is 54.3 Å². The Bertz CT molecular complexity index is 3550. The molecule has 0 aliphatic heterocycles. The van der Waals surface area contributed by atoms with E-state index in [4.69, 9.17) is 4.42 Å². The highest BCUT2D eigenvalue weighted by Crippen LogP contribution is 2.42. The summed E-state index contributed by atoms with van der Waals surface area (Å²) in [6.07, 6.45) is 0. The van der Waals surface area contributed by atoms with Crippen molar-refractivity contribution in [2.45, 2.75) is 0 Å². The molecule has 0 saturated heterocycles. The Balaban J connectivity index is 1.08. The summed E-state index contributed by atoms with van der Waals surface area (Å²) in [7, 11) is 0. The first kappa shape index (κ1) is 28.5. The molecule has 4 nitrogen and oxygen atoms in total. The molecule has 0 fully saturated rings. The molecule has 0 amide bonds. The van der Waals surface area contributed by atoms with Gasteiger partial charge in [-0.3, -0.25) is 9.20 Å². The molecule has 0 atom stereocenters. The molecule has 0 N–H and O–H groups in total. The first-order valence-electron chi connectivity index (χ1n) is 18.0. The number of furan rings is 1. The fraction of sp³-hybridized carbons (Fsp3) is 0. The van der Waals surface area contributed by atoms with Crippen molar-refractivity contribution < 1.29 is 4.42 Å². The van der Waals surface area contributed by atoms with Gasteiger partial charge in [-0.05, 0) is 70.6 Å². The standard InChI is InChI=1S/C49H28N2O2/c52-49-39-16-2-1-13-34(39)37-19-9-21-40-46-32(17-10-23-44(46)51(49)47(37)40)29-11-7-12-31(27-29)50-42-22-5-3-14-35(42)41-28-30(25-26-43(41)50)33-18-8-20-38-36-15-4-6-24-45(36)53-48(33)38/h1-28H. The van der Waals surface area contributed by atoms with Crippen LogP contribution in [0.1, 0.15) is 0 Å². The van der Waals surface area contributed by atoms with Gasteiger partial charge in [0.15, 0.2) is 0 Å². The van der Waals surface area contributed by atoms with Gasteiger partial charge >= 0.3 is 0 Å². The molecule has 0 saturated carbocycles. The van der Waals surface area contributed by atoms with E-state index >= 15 is 0 Å². The number of hydrogen-bond acceptors (Lipinski definition) is 2. The van der Waals surface area contributed by atoms with Crippen LogP contribution in [-0.4, -0.2) is 8.97 Å². The lowest BCUT2D eigenvalue weighted by Gasteiger charge is -2.12. The fourth-order valence-corrected chi connectivity index (χ4v) is 9.02. The second kappa shape index (κ2) is 10.4. The number of nitrogens with zero attached hydrogens (tertiary/aromatic N) is 2. The second-order valence-electron chi connectivity index (χ2n) is 14.0. The summed E-state index contributed by atoms with van der Waals surface area (Å²) in [6.45, 7) is 0. The molecule has 0 radical (unpaired) electrons. The molecule has 4 heteroatoms. The third-order valence-corrected chi connectivity index (χ3v) is 11.3. The van der Waals surface area contributed by atoms with Gasteiger partial charge in [0.2, 0.25) is 0 Å². The van der Waals surface area contributed by atoms with Gasteiger partial charge in [0.05, 0.1) is 22.1 Å². The zero-order valence-electron chi connectivity index (χ0n) is 28.4. The Hall–Kier alpha value is -7.17. The Kier molecular flexibility index (Phi) is 5.62. The lowest BCUT2D eigenvalue weighted by Crippen LogP contribution is -2.12. The van der Waals surface area contributed by atoms with Gasteiger partial charge in [0.25, 0.3) is 5.56 Å². The van der Waals surface area contributed by atoms with E-state index in [2.05, 4.69) is 144 Å². The van der Waals surface area contributed by atoms with Crippen molar-refractivity contribution in [1.29, 1.82) is 0 Å². The molecule has 246 valence electrons. The maximum atomic E-state index is 14.1. The van der Waals surface area contributed by atoms with Crippen LogP contribution >= 0.6 is 0 Å². The molecule has 4 heterocycles. The smallest absolute Gasteiger partial charge is 0.263 e. The van der Waals surface area contributed by atoms with Crippen molar-refractivity contribution in [3.05, 3.63) is 180 Å². The first-order valence-corrected chi connectivity index (χ1v) is 18.0. The molecule has 12 rings (SSSR count). The summed E-state index contributed by atoms with van der Waals surface area (Å²) < 4.78 is 10.7. The Morgan fingerprint density at radius 2 is 1.06 bits per heavy atom. The number of aromatic nitrogens is 2. The highest BCUT2D eigenvalue weighted by molar-refractivity contribution is 6.23. The van der Waals surface area contributed by atoms with E-state index in [-0.39, 0.29) is 5.56 Å². The van der Waals surface area contributed by atoms with Crippen LogP contribution in [0, 0.1) is 0 Å². The van der Waals surface area contributed by atoms with Crippen LogP contribution in [-0.2, 0) is 0 Å². The summed E-state index contributed by atoms with van der Waals surface area (Å²) in [5.74, 6) is 0. The molecule has 53 heavy (non-hydrogen) atoms. The molecular formula is C49H28N2O2. The number of rotatable bonds is 3. The van der Waals surface area contributed by atoms with Crippen molar-refractivity contribution in [1.82, 2.24) is 8.97 Å². The molecule has 12 aromatic rings. The Labute approximate surface area is 302 Å². The number of hydrogen-bond donors (Lipinski definition) is 0. The minimum absolute atomic E-state index is 0.0198. The van der Waals surface area contributed by atoms with Gasteiger partial charge in [-0.15, -0.1) is 0 Å². The van der Waals surface area contributed by atoms with Gasteiger partial charge < -0.3 is 8.98 Å². The molecule has 4 aromatic heterocycles. The molecule has 8 aromatic carbocycles.